The zero-order chi connectivity index (χ0) is 8.97. The molecule has 0 unspecified atom stereocenters. The number of methoxy groups -OCH3 is 2. The fourth-order valence-corrected chi connectivity index (χ4v) is 1.17. The third-order valence-corrected chi connectivity index (χ3v) is 1.78. The Balaban J connectivity index is 3.13. The van der Waals surface area contributed by atoms with Crippen molar-refractivity contribution < 1.29 is 15.2 Å². The predicted molar refractivity (Wildman–Crippen MR) is 46.1 cm³/mol. The molecule has 0 aliphatic heterocycles. The molecular formula is C9H14NO2+. The Hall–Kier alpha value is -1.22. The lowest BCUT2D eigenvalue weighted by Crippen LogP contribution is -2.47. The second-order valence-electron chi connectivity index (χ2n) is 2.39. The fourth-order valence-electron chi connectivity index (χ4n) is 1.17. The number of hydrogen-bond donors (Lipinski definition) is 1. The molecule has 0 saturated carbocycles. The SMILES string of the molecule is COc1cccc(OC)c1C[NH3+]. The molecule has 0 aliphatic rings. The van der Waals surface area contributed by atoms with Gasteiger partial charge in [-0.2, -0.15) is 0 Å². The summed E-state index contributed by atoms with van der Waals surface area (Å²) in [6, 6.07) is 5.71. The number of ether oxygens (including phenoxy) is 2. The maximum atomic E-state index is 5.16. The van der Waals surface area contributed by atoms with E-state index in [9.17, 15) is 0 Å². The quantitative estimate of drug-likeness (QED) is 0.712. The van der Waals surface area contributed by atoms with Gasteiger partial charge in [0.25, 0.3) is 0 Å². The Morgan fingerprint density at radius 2 is 1.67 bits per heavy atom. The molecule has 1 aromatic carbocycles. The van der Waals surface area contributed by atoms with Gasteiger partial charge in [-0.1, -0.05) is 6.07 Å². The highest BCUT2D eigenvalue weighted by molar-refractivity contribution is 5.43. The molecule has 0 radical (unpaired) electrons. The Kier molecular flexibility index (Phi) is 2.94. The minimum Gasteiger partial charge on any atom is -0.496 e. The van der Waals surface area contributed by atoms with Gasteiger partial charge in [0.05, 0.1) is 19.8 Å². The second kappa shape index (κ2) is 3.97. The van der Waals surface area contributed by atoms with Crippen LogP contribution in [0.15, 0.2) is 18.2 Å². The number of rotatable bonds is 3. The average molecular weight is 168 g/mol. The van der Waals surface area contributed by atoms with Crippen LogP contribution in [0.2, 0.25) is 0 Å². The third-order valence-electron chi connectivity index (χ3n) is 1.78. The van der Waals surface area contributed by atoms with Crippen molar-refractivity contribution in [3.05, 3.63) is 23.8 Å². The summed E-state index contributed by atoms with van der Waals surface area (Å²) in [4.78, 5) is 0. The molecule has 0 amide bonds. The van der Waals surface area contributed by atoms with E-state index >= 15 is 0 Å². The van der Waals surface area contributed by atoms with Gasteiger partial charge < -0.3 is 15.2 Å². The molecule has 0 atom stereocenters. The van der Waals surface area contributed by atoms with Crippen molar-refractivity contribution in [1.82, 2.24) is 0 Å². The summed E-state index contributed by atoms with van der Waals surface area (Å²) in [5.41, 5.74) is 4.83. The Morgan fingerprint density at radius 3 is 2.00 bits per heavy atom. The van der Waals surface area contributed by atoms with Crippen LogP contribution in [0.5, 0.6) is 11.5 Å². The first-order valence-corrected chi connectivity index (χ1v) is 3.82. The minimum atomic E-state index is 0.674. The summed E-state index contributed by atoms with van der Waals surface area (Å²) in [5, 5.41) is 0. The van der Waals surface area contributed by atoms with Gasteiger partial charge in [0.2, 0.25) is 0 Å². The van der Waals surface area contributed by atoms with Crippen LogP contribution in [0.25, 0.3) is 0 Å². The highest BCUT2D eigenvalue weighted by atomic mass is 16.5. The van der Waals surface area contributed by atoms with E-state index < -0.39 is 0 Å². The van der Waals surface area contributed by atoms with Crippen molar-refractivity contribution in [3.63, 3.8) is 0 Å². The van der Waals surface area contributed by atoms with Crippen LogP contribution >= 0.6 is 0 Å². The molecule has 0 aliphatic carbocycles. The molecule has 1 aromatic rings. The maximum absolute atomic E-state index is 5.16. The Bertz CT molecular complexity index is 238. The van der Waals surface area contributed by atoms with Crippen LogP contribution in [0.3, 0.4) is 0 Å². The first kappa shape index (κ1) is 8.87. The normalized spacial score (nSPS) is 9.58. The van der Waals surface area contributed by atoms with E-state index in [0.717, 1.165) is 17.1 Å². The van der Waals surface area contributed by atoms with E-state index in [1.807, 2.05) is 18.2 Å². The molecule has 0 aromatic heterocycles. The lowest BCUT2D eigenvalue weighted by molar-refractivity contribution is -0.386. The van der Waals surface area contributed by atoms with Gasteiger partial charge in [-0.15, -0.1) is 0 Å². The molecular weight excluding hydrogens is 154 g/mol. The van der Waals surface area contributed by atoms with Crippen molar-refractivity contribution in [2.75, 3.05) is 14.2 Å². The van der Waals surface area contributed by atoms with Gasteiger partial charge in [0.15, 0.2) is 0 Å². The van der Waals surface area contributed by atoms with Crippen LogP contribution in [0.4, 0.5) is 0 Å². The summed E-state index contributed by atoms with van der Waals surface area (Å²) < 4.78 is 10.3. The van der Waals surface area contributed by atoms with Gasteiger partial charge in [-0.3, -0.25) is 0 Å². The minimum absolute atomic E-state index is 0.674. The lowest BCUT2D eigenvalue weighted by atomic mass is 10.2. The van der Waals surface area contributed by atoms with E-state index in [1.165, 1.54) is 0 Å². The summed E-state index contributed by atoms with van der Waals surface area (Å²) in [7, 11) is 3.29. The van der Waals surface area contributed by atoms with Crippen molar-refractivity contribution >= 4 is 0 Å². The smallest absolute Gasteiger partial charge is 0.131 e. The Morgan fingerprint density at radius 1 is 1.17 bits per heavy atom. The molecule has 0 bridgehead atoms. The summed E-state index contributed by atoms with van der Waals surface area (Å²) in [6.45, 7) is 0.674. The van der Waals surface area contributed by atoms with Gasteiger partial charge in [-0.05, 0) is 12.1 Å². The van der Waals surface area contributed by atoms with Crippen LogP contribution in [-0.4, -0.2) is 14.2 Å². The van der Waals surface area contributed by atoms with Crippen LogP contribution in [0.1, 0.15) is 5.56 Å². The molecule has 66 valence electrons. The lowest BCUT2D eigenvalue weighted by Gasteiger charge is -2.08. The van der Waals surface area contributed by atoms with E-state index in [1.54, 1.807) is 14.2 Å². The zero-order valence-electron chi connectivity index (χ0n) is 7.46. The van der Waals surface area contributed by atoms with Gasteiger partial charge in [-0.25, -0.2) is 0 Å². The van der Waals surface area contributed by atoms with Gasteiger partial charge in [0, 0.05) is 0 Å². The monoisotopic (exact) mass is 168 g/mol. The third kappa shape index (κ3) is 1.51. The molecule has 1 rings (SSSR count). The van der Waals surface area contributed by atoms with Crippen LogP contribution in [-0.2, 0) is 6.54 Å². The van der Waals surface area contributed by atoms with E-state index in [4.69, 9.17) is 9.47 Å². The van der Waals surface area contributed by atoms with Crippen molar-refractivity contribution in [1.29, 1.82) is 0 Å². The summed E-state index contributed by atoms with van der Waals surface area (Å²) >= 11 is 0. The fraction of sp³-hybridized carbons (Fsp3) is 0.333. The van der Waals surface area contributed by atoms with E-state index in [2.05, 4.69) is 5.73 Å². The number of benzene rings is 1. The Labute approximate surface area is 72.1 Å². The average Bonchev–Trinajstić information content (AvgIpc) is 2.16. The highest BCUT2D eigenvalue weighted by Crippen LogP contribution is 2.26. The molecule has 0 spiro atoms. The molecule has 0 heterocycles. The molecule has 0 saturated heterocycles. The van der Waals surface area contributed by atoms with E-state index in [0.29, 0.717) is 6.54 Å². The predicted octanol–water partition coefficient (Wildman–Crippen LogP) is 0.446. The van der Waals surface area contributed by atoms with Crippen molar-refractivity contribution in [3.8, 4) is 11.5 Å². The zero-order valence-corrected chi connectivity index (χ0v) is 7.46. The topological polar surface area (TPSA) is 46.1 Å². The van der Waals surface area contributed by atoms with E-state index in [-0.39, 0.29) is 0 Å². The summed E-state index contributed by atoms with van der Waals surface area (Å²) in [6.07, 6.45) is 0. The molecule has 0 fully saturated rings. The number of hydrogen-bond acceptors (Lipinski definition) is 2. The van der Waals surface area contributed by atoms with Crippen molar-refractivity contribution in [2.45, 2.75) is 6.54 Å². The van der Waals surface area contributed by atoms with Crippen LogP contribution < -0.4 is 15.2 Å². The standard InChI is InChI=1S/C9H13NO2/c1-11-8-4-3-5-9(12-2)7(8)6-10/h3-5H,6,10H2,1-2H3/p+1. The largest absolute Gasteiger partial charge is 0.496 e. The first-order chi connectivity index (χ1) is 5.83. The van der Waals surface area contributed by atoms with Gasteiger partial charge in [0.1, 0.15) is 18.0 Å². The molecule has 3 nitrogen and oxygen atoms in total. The maximum Gasteiger partial charge on any atom is 0.131 e. The summed E-state index contributed by atoms with van der Waals surface area (Å²) in [5.74, 6) is 1.67. The molecule has 3 heteroatoms. The number of quaternary nitrogens is 1. The second-order valence-corrected chi connectivity index (χ2v) is 2.39. The highest BCUT2D eigenvalue weighted by Gasteiger charge is 2.08. The molecule has 3 N–H and O–H groups in total. The molecule has 12 heavy (non-hydrogen) atoms. The van der Waals surface area contributed by atoms with Gasteiger partial charge >= 0.3 is 0 Å². The van der Waals surface area contributed by atoms with Crippen molar-refractivity contribution in [2.24, 2.45) is 0 Å². The first-order valence-electron chi connectivity index (χ1n) is 3.82. The van der Waals surface area contributed by atoms with Crippen LogP contribution in [0, 0.1) is 0 Å².